The summed E-state index contributed by atoms with van der Waals surface area (Å²) in [5.41, 5.74) is 1.13. The van der Waals surface area contributed by atoms with Crippen molar-refractivity contribution in [2.45, 2.75) is 6.61 Å². The Morgan fingerprint density at radius 2 is 2.00 bits per heavy atom. The summed E-state index contributed by atoms with van der Waals surface area (Å²) in [6, 6.07) is 12.8. The number of rotatable bonds is 3. The van der Waals surface area contributed by atoms with Crippen molar-refractivity contribution >= 4 is 37.4 Å². The van der Waals surface area contributed by atoms with Gasteiger partial charge in [-0.1, -0.05) is 34.1 Å². The first kappa shape index (κ1) is 12.6. The van der Waals surface area contributed by atoms with Gasteiger partial charge in [-0.3, -0.25) is 0 Å². The molecule has 1 nitrogen and oxygen atoms in total. The van der Waals surface area contributed by atoms with Crippen molar-refractivity contribution < 1.29 is 9.13 Å². The van der Waals surface area contributed by atoms with Gasteiger partial charge >= 0.3 is 0 Å². The molecule has 1 heterocycles. The lowest BCUT2D eigenvalue weighted by Crippen LogP contribution is -1.94. The zero-order valence-electron chi connectivity index (χ0n) is 9.90. The highest BCUT2D eigenvalue weighted by atomic mass is 79.9. The summed E-state index contributed by atoms with van der Waals surface area (Å²) in [5, 5.41) is 3.28. The van der Waals surface area contributed by atoms with Crippen LogP contribution in [0.4, 0.5) is 4.39 Å². The van der Waals surface area contributed by atoms with Gasteiger partial charge in [-0.05, 0) is 29.0 Å². The van der Waals surface area contributed by atoms with E-state index in [1.807, 2.05) is 12.1 Å². The number of fused-ring (bicyclic) bond motifs is 1. The van der Waals surface area contributed by atoms with Crippen molar-refractivity contribution in [3.63, 3.8) is 0 Å². The molecule has 0 saturated carbocycles. The average Bonchev–Trinajstić information content (AvgIpc) is 2.78. The Bertz CT molecular complexity index is 703. The molecule has 2 aromatic carbocycles. The smallest absolute Gasteiger partial charge is 0.128 e. The fourth-order valence-corrected chi connectivity index (χ4v) is 3.31. The van der Waals surface area contributed by atoms with Crippen LogP contribution >= 0.6 is 27.3 Å². The Kier molecular flexibility index (Phi) is 3.53. The van der Waals surface area contributed by atoms with Crippen molar-refractivity contribution in [2.75, 3.05) is 0 Å². The molecule has 96 valence electrons. The third-order valence-corrected chi connectivity index (χ3v) is 4.26. The van der Waals surface area contributed by atoms with E-state index in [-0.39, 0.29) is 5.82 Å². The average molecular weight is 337 g/mol. The molecule has 0 unspecified atom stereocenters. The van der Waals surface area contributed by atoms with Gasteiger partial charge in [0.15, 0.2) is 0 Å². The van der Waals surface area contributed by atoms with E-state index in [0.717, 1.165) is 5.56 Å². The van der Waals surface area contributed by atoms with Crippen molar-refractivity contribution in [1.29, 1.82) is 0 Å². The van der Waals surface area contributed by atoms with Gasteiger partial charge in [-0.25, -0.2) is 4.39 Å². The van der Waals surface area contributed by atoms with Gasteiger partial charge in [-0.2, -0.15) is 0 Å². The minimum Gasteiger partial charge on any atom is -0.489 e. The van der Waals surface area contributed by atoms with Gasteiger partial charge in [0, 0.05) is 20.8 Å². The lowest BCUT2D eigenvalue weighted by atomic mass is 10.2. The van der Waals surface area contributed by atoms with Crippen LogP contribution in [-0.2, 0) is 6.61 Å². The van der Waals surface area contributed by atoms with Crippen molar-refractivity contribution in [2.24, 2.45) is 0 Å². The van der Waals surface area contributed by atoms with Crippen molar-refractivity contribution in [1.82, 2.24) is 0 Å². The summed E-state index contributed by atoms with van der Waals surface area (Å²) in [4.78, 5) is 0. The van der Waals surface area contributed by atoms with E-state index >= 15 is 0 Å². The molecule has 3 rings (SSSR count). The quantitative estimate of drug-likeness (QED) is 0.623. The Hall–Kier alpha value is -1.39. The Morgan fingerprint density at radius 1 is 1.16 bits per heavy atom. The second kappa shape index (κ2) is 5.31. The topological polar surface area (TPSA) is 9.23 Å². The maximum atomic E-state index is 13.2. The molecular formula is C15H10BrFOS. The van der Waals surface area contributed by atoms with Crippen molar-refractivity contribution in [3.8, 4) is 5.75 Å². The van der Waals surface area contributed by atoms with E-state index in [2.05, 4.69) is 33.4 Å². The van der Waals surface area contributed by atoms with Crippen LogP contribution in [-0.4, -0.2) is 0 Å². The number of hydrogen-bond donors (Lipinski definition) is 0. The Balaban J connectivity index is 1.82. The third-order valence-electron chi connectivity index (χ3n) is 2.79. The Labute approximate surface area is 122 Å². The molecule has 3 aromatic rings. The minimum absolute atomic E-state index is 0.306. The van der Waals surface area contributed by atoms with Gasteiger partial charge in [-0.15, -0.1) is 11.3 Å². The fraction of sp³-hybridized carbons (Fsp3) is 0.0667. The molecule has 0 spiro atoms. The number of ether oxygens (including phenoxy) is 1. The second-order valence-corrected chi connectivity index (χ2v) is 5.98. The fourth-order valence-electron chi connectivity index (χ4n) is 1.92. The lowest BCUT2D eigenvalue weighted by Gasteiger charge is -2.06. The van der Waals surface area contributed by atoms with Gasteiger partial charge in [0.2, 0.25) is 0 Å². The molecule has 1 aromatic heterocycles. The molecule has 0 N–H and O–H groups in total. The highest BCUT2D eigenvalue weighted by Crippen LogP contribution is 2.27. The predicted molar refractivity (Wildman–Crippen MR) is 80.3 cm³/mol. The molecule has 0 aliphatic heterocycles. The molecule has 0 radical (unpaired) electrons. The number of benzene rings is 2. The summed E-state index contributed by atoms with van der Waals surface area (Å²) in [5.74, 6) is 0.224. The SMILES string of the molecule is Fc1cc(Br)cc(OCc2csc3ccccc23)c1. The predicted octanol–water partition coefficient (Wildman–Crippen LogP) is 5.38. The summed E-state index contributed by atoms with van der Waals surface area (Å²) in [6.45, 7) is 0.444. The van der Waals surface area contributed by atoms with E-state index < -0.39 is 0 Å². The number of thiophene rings is 1. The number of hydrogen-bond acceptors (Lipinski definition) is 2. The van der Waals surface area contributed by atoms with Crippen molar-refractivity contribution in [3.05, 3.63) is 63.7 Å². The molecule has 19 heavy (non-hydrogen) atoms. The van der Waals surface area contributed by atoms with Crippen LogP contribution < -0.4 is 4.74 Å². The van der Waals surface area contributed by atoms with E-state index in [0.29, 0.717) is 16.8 Å². The molecule has 0 bridgehead atoms. The molecule has 4 heteroatoms. The summed E-state index contributed by atoms with van der Waals surface area (Å²) < 4.78 is 20.8. The Morgan fingerprint density at radius 3 is 2.84 bits per heavy atom. The normalized spacial score (nSPS) is 10.8. The highest BCUT2D eigenvalue weighted by Gasteiger charge is 2.05. The van der Waals surface area contributed by atoms with Crippen LogP contribution in [0, 0.1) is 5.82 Å². The monoisotopic (exact) mass is 336 g/mol. The van der Waals surface area contributed by atoms with Gasteiger partial charge in [0.1, 0.15) is 18.2 Å². The molecular weight excluding hydrogens is 327 g/mol. The largest absolute Gasteiger partial charge is 0.489 e. The van der Waals surface area contributed by atoms with E-state index in [1.54, 1.807) is 17.4 Å². The van der Waals surface area contributed by atoms with E-state index in [9.17, 15) is 4.39 Å². The van der Waals surface area contributed by atoms with E-state index in [1.165, 1.54) is 22.2 Å². The first-order valence-electron chi connectivity index (χ1n) is 5.76. The van der Waals surface area contributed by atoms with Gasteiger partial charge in [0.05, 0.1) is 0 Å². The minimum atomic E-state index is -0.306. The maximum Gasteiger partial charge on any atom is 0.128 e. The zero-order valence-corrected chi connectivity index (χ0v) is 12.3. The molecule has 0 aliphatic carbocycles. The first-order valence-corrected chi connectivity index (χ1v) is 7.43. The van der Waals surface area contributed by atoms with Crippen LogP contribution in [0.2, 0.25) is 0 Å². The summed E-state index contributed by atoms with van der Waals surface area (Å²) >= 11 is 4.95. The molecule has 0 amide bonds. The molecule has 0 fully saturated rings. The lowest BCUT2D eigenvalue weighted by molar-refractivity contribution is 0.306. The highest BCUT2D eigenvalue weighted by molar-refractivity contribution is 9.10. The summed E-state index contributed by atoms with van der Waals surface area (Å²) in [7, 11) is 0. The third kappa shape index (κ3) is 2.80. The van der Waals surface area contributed by atoms with Crippen LogP contribution in [0.5, 0.6) is 5.75 Å². The van der Waals surface area contributed by atoms with Gasteiger partial charge in [0.25, 0.3) is 0 Å². The first-order chi connectivity index (χ1) is 9.22. The molecule has 0 saturated heterocycles. The van der Waals surface area contributed by atoms with Crippen LogP contribution in [0.1, 0.15) is 5.56 Å². The molecule has 0 atom stereocenters. The van der Waals surface area contributed by atoms with E-state index in [4.69, 9.17) is 4.74 Å². The molecule has 0 aliphatic rings. The zero-order chi connectivity index (χ0) is 13.2. The second-order valence-electron chi connectivity index (χ2n) is 4.15. The number of halogens is 2. The van der Waals surface area contributed by atoms with Crippen LogP contribution in [0.3, 0.4) is 0 Å². The van der Waals surface area contributed by atoms with Gasteiger partial charge < -0.3 is 4.74 Å². The standard InChI is InChI=1S/C15H10BrFOS/c16-11-5-12(17)7-13(6-11)18-8-10-9-19-15-4-2-1-3-14(10)15/h1-7,9H,8H2. The summed E-state index contributed by atoms with van der Waals surface area (Å²) in [6.07, 6.45) is 0. The maximum absolute atomic E-state index is 13.2. The van der Waals surface area contributed by atoms with Crippen LogP contribution in [0.25, 0.3) is 10.1 Å². The van der Waals surface area contributed by atoms with Crippen LogP contribution in [0.15, 0.2) is 52.3 Å².